The van der Waals surface area contributed by atoms with E-state index in [4.69, 9.17) is 9.47 Å². The summed E-state index contributed by atoms with van der Waals surface area (Å²) in [6.07, 6.45) is 1.68. The van der Waals surface area contributed by atoms with Gasteiger partial charge in [-0.1, -0.05) is 12.2 Å². The molecule has 3 heteroatoms. The van der Waals surface area contributed by atoms with Crippen molar-refractivity contribution in [3.8, 4) is 0 Å². The van der Waals surface area contributed by atoms with Crippen LogP contribution in [0.25, 0.3) is 0 Å². The van der Waals surface area contributed by atoms with E-state index < -0.39 is 18.0 Å². The summed E-state index contributed by atoms with van der Waals surface area (Å²) in [5, 5.41) is 9.52. The smallest absolute Gasteiger partial charge is 0.164 e. The van der Waals surface area contributed by atoms with Crippen molar-refractivity contribution in [2.24, 2.45) is 0 Å². The van der Waals surface area contributed by atoms with E-state index in [2.05, 4.69) is 13.2 Å². The maximum atomic E-state index is 9.52. The highest BCUT2D eigenvalue weighted by Crippen LogP contribution is 2.30. The van der Waals surface area contributed by atoms with Crippen molar-refractivity contribution >= 4 is 0 Å². The summed E-state index contributed by atoms with van der Waals surface area (Å²) >= 11 is 0. The lowest BCUT2D eigenvalue weighted by Gasteiger charge is -2.18. The molecule has 1 aliphatic rings. The SMILES string of the molecule is C=CC1OC(C)(C)OC1[C@H](O)C=C. The minimum Gasteiger partial charge on any atom is -0.386 e. The summed E-state index contributed by atoms with van der Waals surface area (Å²) in [6.45, 7) is 10.7. The van der Waals surface area contributed by atoms with Crippen LogP contribution in [-0.4, -0.2) is 29.2 Å². The standard InChI is InChI=1S/C10H16O3/c1-5-7(11)9-8(6-2)12-10(3,4)13-9/h5-9,11H,1-2H2,3-4H3/t7-,8?,9?/m1/s1. The molecule has 13 heavy (non-hydrogen) atoms. The molecule has 1 heterocycles. The summed E-state index contributed by atoms with van der Waals surface area (Å²) in [6, 6.07) is 0. The van der Waals surface area contributed by atoms with Crippen LogP contribution in [0.5, 0.6) is 0 Å². The van der Waals surface area contributed by atoms with Crippen LogP contribution >= 0.6 is 0 Å². The topological polar surface area (TPSA) is 38.7 Å². The second-order valence-corrected chi connectivity index (χ2v) is 3.53. The van der Waals surface area contributed by atoms with Gasteiger partial charge in [-0.15, -0.1) is 13.2 Å². The van der Waals surface area contributed by atoms with E-state index in [1.807, 2.05) is 0 Å². The molecule has 1 rings (SSSR count). The largest absolute Gasteiger partial charge is 0.386 e. The molecule has 0 amide bonds. The van der Waals surface area contributed by atoms with Crippen molar-refractivity contribution in [1.29, 1.82) is 0 Å². The lowest BCUT2D eigenvalue weighted by atomic mass is 10.1. The van der Waals surface area contributed by atoms with Gasteiger partial charge in [-0.25, -0.2) is 0 Å². The zero-order chi connectivity index (χ0) is 10.1. The van der Waals surface area contributed by atoms with Gasteiger partial charge in [0.25, 0.3) is 0 Å². The van der Waals surface area contributed by atoms with E-state index >= 15 is 0 Å². The van der Waals surface area contributed by atoms with Crippen molar-refractivity contribution in [1.82, 2.24) is 0 Å². The van der Waals surface area contributed by atoms with Gasteiger partial charge >= 0.3 is 0 Å². The van der Waals surface area contributed by atoms with E-state index in [1.165, 1.54) is 6.08 Å². The zero-order valence-corrected chi connectivity index (χ0v) is 8.06. The minimum absolute atomic E-state index is 0.275. The van der Waals surface area contributed by atoms with Crippen LogP contribution in [0, 0.1) is 0 Å². The highest BCUT2D eigenvalue weighted by molar-refractivity contribution is 5.00. The molecule has 0 aromatic heterocycles. The third kappa shape index (κ3) is 2.18. The monoisotopic (exact) mass is 184 g/mol. The molecule has 1 saturated heterocycles. The number of hydrogen-bond donors (Lipinski definition) is 1. The molecule has 1 N–H and O–H groups in total. The van der Waals surface area contributed by atoms with E-state index in [0.29, 0.717) is 0 Å². The van der Waals surface area contributed by atoms with Crippen molar-refractivity contribution in [3.63, 3.8) is 0 Å². The lowest BCUT2D eigenvalue weighted by molar-refractivity contribution is -0.150. The molecule has 74 valence electrons. The summed E-state index contributed by atoms with van der Waals surface area (Å²) in [4.78, 5) is 0. The highest BCUT2D eigenvalue weighted by Gasteiger charge is 2.42. The average Bonchev–Trinajstić information content (AvgIpc) is 2.39. The molecule has 2 unspecified atom stereocenters. The van der Waals surface area contributed by atoms with Crippen LogP contribution in [0.2, 0.25) is 0 Å². The van der Waals surface area contributed by atoms with Crippen LogP contribution in [0.3, 0.4) is 0 Å². The first-order valence-electron chi connectivity index (χ1n) is 4.29. The summed E-state index contributed by atoms with van der Waals surface area (Å²) in [7, 11) is 0. The van der Waals surface area contributed by atoms with E-state index in [9.17, 15) is 5.11 Å². The predicted molar refractivity (Wildman–Crippen MR) is 50.2 cm³/mol. The van der Waals surface area contributed by atoms with Gasteiger partial charge in [-0.05, 0) is 13.8 Å². The molecule has 0 spiro atoms. The first-order chi connectivity index (χ1) is 6.00. The molecule has 0 radical (unpaired) electrons. The van der Waals surface area contributed by atoms with Gasteiger partial charge in [-0.3, -0.25) is 0 Å². The fraction of sp³-hybridized carbons (Fsp3) is 0.600. The number of rotatable bonds is 3. The second kappa shape index (κ2) is 3.62. The summed E-state index contributed by atoms with van der Waals surface area (Å²) in [5.74, 6) is -0.659. The third-order valence-corrected chi connectivity index (χ3v) is 1.97. The van der Waals surface area contributed by atoms with Crippen molar-refractivity contribution in [2.75, 3.05) is 0 Å². The minimum atomic E-state index is -0.718. The molecule has 0 saturated carbocycles. The molecule has 0 aliphatic carbocycles. The van der Waals surface area contributed by atoms with Crippen LogP contribution < -0.4 is 0 Å². The molecule has 3 atom stereocenters. The Morgan fingerprint density at radius 1 is 1.38 bits per heavy atom. The Bertz CT molecular complexity index is 210. The third-order valence-electron chi connectivity index (χ3n) is 1.97. The molecular weight excluding hydrogens is 168 g/mol. The van der Waals surface area contributed by atoms with Gasteiger partial charge in [-0.2, -0.15) is 0 Å². The molecule has 1 aliphatic heterocycles. The lowest BCUT2D eigenvalue weighted by Crippen LogP contribution is -2.32. The first-order valence-corrected chi connectivity index (χ1v) is 4.29. The molecular formula is C10H16O3. The average molecular weight is 184 g/mol. The molecule has 0 aromatic carbocycles. The number of hydrogen-bond acceptors (Lipinski definition) is 3. The Hall–Kier alpha value is -0.640. The van der Waals surface area contributed by atoms with Crippen LogP contribution in [0.4, 0.5) is 0 Å². The fourth-order valence-corrected chi connectivity index (χ4v) is 1.40. The van der Waals surface area contributed by atoms with E-state index in [0.717, 1.165) is 0 Å². The Morgan fingerprint density at radius 3 is 2.46 bits per heavy atom. The highest BCUT2D eigenvalue weighted by atomic mass is 16.8. The normalized spacial score (nSPS) is 34.1. The van der Waals surface area contributed by atoms with Crippen LogP contribution in [0.15, 0.2) is 25.3 Å². The fourth-order valence-electron chi connectivity index (χ4n) is 1.40. The molecule has 0 bridgehead atoms. The molecule has 0 aromatic rings. The summed E-state index contributed by atoms with van der Waals surface area (Å²) < 4.78 is 11.0. The zero-order valence-electron chi connectivity index (χ0n) is 8.06. The van der Waals surface area contributed by atoms with E-state index in [-0.39, 0.29) is 6.10 Å². The van der Waals surface area contributed by atoms with Gasteiger partial charge in [0.2, 0.25) is 0 Å². The van der Waals surface area contributed by atoms with E-state index in [1.54, 1.807) is 19.9 Å². The van der Waals surface area contributed by atoms with Gasteiger partial charge in [0.05, 0.1) is 0 Å². The Labute approximate surface area is 78.7 Å². The van der Waals surface area contributed by atoms with Gasteiger partial charge in [0, 0.05) is 0 Å². The Kier molecular flexibility index (Phi) is 2.91. The predicted octanol–water partition coefficient (Wildman–Crippen LogP) is 1.24. The van der Waals surface area contributed by atoms with Crippen molar-refractivity contribution < 1.29 is 14.6 Å². The van der Waals surface area contributed by atoms with Gasteiger partial charge < -0.3 is 14.6 Å². The van der Waals surface area contributed by atoms with Crippen molar-refractivity contribution in [3.05, 3.63) is 25.3 Å². The second-order valence-electron chi connectivity index (χ2n) is 3.53. The van der Waals surface area contributed by atoms with Crippen molar-refractivity contribution in [2.45, 2.75) is 37.9 Å². The Morgan fingerprint density at radius 2 is 2.00 bits per heavy atom. The number of ether oxygens (including phenoxy) is 2. The summed E-state index contributed by atoms with van der Waals surface area (Å²) in [5.41, 5.74) is 0. The maximum Gasteiger partial charge on any atom is 0.164 e. The van der Waals surface area contributed by atoms with Crippen LogP contribution in [0.1, 0.15) is 13.8 Å². The van der Waals surface area contributed by atoms with Crippen LogP contribution in [-0.2, 0) is 9.47 Å². The maximum absolute atomic E-state index is 9.52. The quantitative estimate of drug-likeness (QED) is 0.671. The number of aliphatic hydroxyl groups excluding tert-OH is 1. The van der Waals surface area contributed by atoms with Gasteiger partial charge in [0.15, 0.2) is 5.79 Å². The first kappa shape index (κ1) is 10.4. The van der Waals surface area contributed by atoms with Gasteiger partial charge in [0.1, 0.15) is 18.3 Å². The Balaban J connectivity index is 2.74. The number of aliphatic hydroxyl groups is 1. The molecule has 3 nitrogen and oxygen atoms in total. The molecule has 1 fully saturated rings.